The Bertz CT molecular complexity index is 360. The number of pyridine rings is 1. The second-order valence-electron chi connectivity index (χ2n) is 2.77. The summed E-state index contributed by atoms with van der Waals surface area (Å²) < 4.78 is 0.662. The van der Waals surface area contributed by atoms with E-state index in [0.717, 1.165) is 5.75 Å². The summed E-state index contributed by atoms with van der Waals surface area (Å²) >= 11 is 4.88. The predicted octanol–water partition coefficient (Wildman–Crippen LogP) is 2.32. The molecule has 0 bridgehead atoms. The molecule has 0 aliphatic heterocycles. The van der Waals surface area contributed by atoms with Crippen LogP contribution in [0.1, 0.15) is 10.4 Å². The monoisotopic (exact) mass is 290 g/mol. The summed E-state index contributed by atoms with van der Waals surface area (Å²) in [7, 11) is 0. The number of carboxylic acids is 1. The van der Waals surface area contributed by atoms with Crippen molar-refractivity contribution in [1.29, 1.82) is 0 Å². The van der Waals surface area contributed by atoms with Crippen molar-refractivity contribution < 1.29 is 9.90 Å². The van der Waals surface area contributed by atoms with E-state index in [0.29, 0.717) is 16.8 Å². The van der Waals surface area contributed by atoms with Crippen LogP contribution in [0.4, 0.5) is 5.82 Å². The van der Waals surface area contributed by atoms with E-state index >= 15 is 0 Å². The molecular weight excluding hydrogens is 280 g/mol. The standard InChI is InChI=1S/C9H11BrN2O2S/c1-15-3-2-11-8-7(9(13)14)4-6(10)5-12-8/h4-5H,2-3H2,1H3,(H,11,12)(H,13,14). The van der Waals surface area contributed by atoms with Crippen LogP contribution in [0.15, 0.2) is 16.7 Å². The fraction of sp³-hybridized carbons (Fsp3) is 0.333. The lowest BCUT2D eigenvalue weighted by molar-refractivity contribution is 0.0697. The van der Waals surface area contributed by atoms with Gasteiger partial charge >= 0.3 is 5.97 Å². The molecule has 1 aromatic heterocycles. The first-order chi connectivity index (χ1) is 7.15. The molecule has 0 amide bonds. The first kappa shape index (κ1) is 12.3. The lowest BCUT2D eigenvalue weighted by Gasteiger charge is -2.07. The first-order valence-corrected chi connectivity index (χ1v) is 6.45. The van der Waals surface area contributed by atoms with Crippen molar-refractivity contribution in [3.05, 3.63) is 22.3 Å². The van der Waals surface area contributed by atoms with Crippen molar-refractivity contribution in [1.82, 2.24) is 4.98 Å². The number of carbonyl (C=O) groups is 1. The number of aromatic carboxylic acids is 1. The third-order valence-electron chi connectivity index (χ3n) is 1.68. The van der Waals surface area contributed by atoms with E-state index in [1.807, 2.05) is 6.26 Å². The molecule has 0 radical (unpaired) electrons. The van der Waals surface area contributed by atoms with Crippen molar-refractivity contribution in [2.45, 2.75) is 0 Å². The fourth-order valence-corrected chi connectivity index (χ4v) is 1.65. The van der Waals surface area contributed by atoms with Crippen molar-refractivity contribution >= 4 is 39.5 Å². The van der Waals surface area contributed by atoms with Gasteiger partial charge in [0.05, 0.1) is 0 Å². The maximum Gasteiger partial charge on any atom is 0.339 e. The van der Waals surface area contributed by atoms with E-state index in [2.05, 4.69) is 26.2 Å². The minimum Gasteiger partial charge on any atom is -0.478 e. The van der Waals surface area contributed by atoms with Gasteiger partial charge in [-0.3, -0.25) is 0 Å². The van der Waals surface area contributed by atoms with Crippen molar-refractivity contribution in [3.63, 3.8) is 0 Å². The van der Waals surface area contributed by atoms with E-state index in [-0.39, 0.29) is 5.56 Å². The Balaban J connectivity index is 2.81. The van der Waals surface area contributed by atoms with E-state index in [4.69, 9.17) is 5.11 Å². The Kier molecular flexibility index (Phi) is 4.90. The van der Waals surface area contributed by atoms with Crippen LogP contribution in [0.25, 0.3) is 0 Å². The number of carboxylic acid groups (broad SMARTS) is 1. The van der Waals surface area contributed by atoms with Gasteiger partial charge in [0.25, 0.3) is 0 Å². The highest BCUT2D eigenvalue weighted by molar-refractivity contribution is 9.10. The van der Waals surface area contributed by atoms with Crippen LogP contribution in [0.2, 0.25) is 0 Å². The lowest BCUT2D eigenvalue weighted by Crippen LogP contribution is -2.10. The molecule has 0 unspecified atom stereocenters. The highest BCUT2D eigenvalue weighted by Crippen LogP contribution is 2.17. The Morgan fingerprint density at radius 1 is 1.73 bits per heavy atom. The van der Waals surface area contributed by atoms with Gasteiger partial charge in [0, 0.05) is 23.0 Å². The maximum atomic E-state index is 10.9. The molecule has 0 aromatic carbocycles. The molecule has 4 nitrogen and oxygen atoms in total. The topological polar surface area (TPSA) is 62.2 Å². The number of halogens is 1. The molecule has 15 heavy (non-hydrogen) atoms. The van der Waals surface area contributed by atoms with Crippen LogP contribution in [0.5, 0.6) is 0 Å². The SMILES string of the molecule is CSCCNc1ncc(Br)cc1C(=O)O. The van der Waals surface area contributed by atoms with Crippen LogP contribution in [0.3, 0.4) is 0 Å². The normalized spacial score (nSPS) is 10.0. The number of thioether (sulfide) groups is 1. The molecule has 0 spiro atoms. The number of hydrogen-bond acceptors (Lipinski definition) is 4. The number of aromatic nitrogens is 1. The van der Waals surface area contributed by atoms with Gasteiger partial charge < -0.3 is 10.4 Å². The molecule has 0 aliphatic carbocycles. The second kappa shape index (κ2) is 5.97. The summed E-state index contributed by atoms with van der Waals surface area (Å²) in [6.07, 6.45) is 3.57. The molecule has 82 valence electrons. The molecule has 0 saturated heterocycles. The van der Waals surface area contributed by atoms with Crippen molar-refractivity contribution in [2.75, 3.05) is 23.9 Å². The van der Waals surface area contributed by atoms with Crippen LogP contribution >= 0.6 is 27.7 Å². The van der Waals surface area contributed by atoms with Crippen molar-refractivity contribution in [3.8, 4) is 0 Å². The molecule has 1 rings (SSSR count). The van der Waals surface area contributed by atoms with Gasteiger partial charge in [-0.2, -0.15) is 11.8 Å². The summed E-state index contributed by atoms with van der Waals surface area (Å²) in [5.74, 6) is 0.353. The fourth-order valence-electron chi connectivity index (χ4n) is 1.01. The molecule has 0 saturated carbocycles. The molecule has 1 heterocycles. The van der Waals surface area contributed by atoms with Crippen LogP contribution in [0, 0.1) is 0 Å². The second-order valence-corrected chi connectivity index (χ2v) is 4.68. The van der Waals surface area contributed by atoms with Crippen molar-refractivity contribution in [2.24, 2.45) is 0 Å². The molecule has 2 N–H and O–H groups in total. The van der Waals surface area contributed by atoms with Crippen LogP contribution in [-0.2, 0) is 0 Å². The molecule has 0 fully saturated rings. The largest absolute Gasteiger partial charge is 0.478 e. The summed E-state index contributed by atoms with van der Waals surface area (Å²) in [6.45, 7) is 0.704. The zero-order valence-electron chi connectivity index (χ0n) is 8.16. The molecule has 0 atom stereocenters. The predicted molar refractivity (Wildman–Crippen MR) is 65.8 cm³/mol. The van der Waals surface area contributed by atoms with Gasteiger partial charge in [-0.05, 0) is 28.3 Å². The highest BCUT2D eigenvalue weighted by atomic mass is 79.9. The zero-order valence-corrected chi connectivity index (χ0v) is 10.6. The highest BCUT2D eigenvalue weighted by Gasteiger charge is 2.11. The van der Waals surface area contributed by atoms with E-state index in [9.17, 15) is 4.79 Å². The third-order valence-corrected chi connectivity index (χ3v) is 2.73. The zero-order chi connectivity index (χ0) is 11.3. The van der Waals surface area contributed by atoms with Crippen LogP contribution < -0.4 is 5.32 Å². The average molecular weight is 291 g/mol. The molecule has 0 aliphatic rings. The quantitative estimate of drug-likeness (QED) is 0.815. The molecule has 1 aromatic rings. The number of anilines is 1. The van der Waals surface area contributed by atoms with E-state index < -0.39 is 5.97 Å². The summed E-state index contributed by atoms with van der Waals surface area (Å²) in [4.78, 5) is 14.9. The Labute approximate surface area is 101 Å². The van der Waals surface area contributed by atoms with E-state index in [1.165, 1.54) is 6.07 Å². The van der Waals surface area contributed by atoms with Gasteiger partial charge in [0.15, 0.2) is 0 Å². The maximum absolute atomic E-state index is 10.9. The average Bonchev–Trinajstić information content (AvgIpc) is 2.20. The Morgan fingerprint density at radius 2 is 2.47 bits per heavy atom. The minimum atomic E-state index is -0.976. The molecular formula is C9H11BrN2O2S. The Hall–Kier alpha value is -0.750. The number of hydrogen-bond donors (Lipinski definition) is 2. The third kappa shape index (κ3) is 3.71. The smallest absolute Gasteiger partial charge is 0.339 e. The Morgan fingerprint density at radius 3 is 3.07 bits per heavy atom. The van der Waals surface area contributed by atoms with Gasteiger partial charge in [0.1, 0.15) is 11.4 Å². The number of nitrogens with zero attached hydrogens (tertiary/aromatic N) is 1. The summed E-state index contributed by atoms with van der Waals surface area (Å²) in [6, 6.07) is 1.54. The van der Waals surface area contributed by atoms with E-state index in [1.54, 1.807) is 18.0 Å². The van der Waals surface area contributed by atoms with Gasteiger partial charge in [-0.1, -0.05) is 0 Å². The number of nitrogens with one attached hydrogen (secondary N) is 1. The summed E-state index contributed by atoms with van der Waals surface area (Å²) in [5.41, 5.74) is 0.186. The van der Waals surface area contributed by atoms with Gasteiger partial charge in [0.2, 0.25) is 0 Å². The lowest BCUT2D eigenvalue weighted by atomic mass is 10.2. The molecule has 6 heteroatoms. The van der Waals surface area contributed by atoms with Crippen LogP contribution in [-0.4, -0.2) is 34.6 Å². The van der Waals surface area contributed by atoms with Gasteiger partial charge in [-0.15, -0.1) is 0 Å². The minimum absolute atomic E-state index is 0.186. The number of rotatable bonds is 5. The van der Waals surface area contributed by atoms with Gasteiger partial charge in [-0.25, -0.2) is 9.78 Å². The first-order valence-electron chi connectivity index (χ1n) is 4.27. The summed E-state index contributed by atoms with van der Waals surface area (Å²) in [5, 5.41) is 11.9.